The van der Waals surface area contributed by atoms with Gasteiger partial charge >= 0.3 is 0 Å². The molecule has 1 saturated carbocycles. The summed E-state index contributed by atoms with van der Waals surface area (Å²) in [6.45, 7) is 6.42. The highest BCUT2D eigenvalue weighted by Gasteiger charge is 2.26. The van der Waals surface area contributed by atoms with Crippen LogP contribution in [0.2, 0.25) is 0 Å². The summed E-state index contributed by atoms with van der Waals surface area (Å²) in [5.41, 5.74) is 2.33. The monoisotopic (exact) mass is 233 g/mol. The fraction of sp³-hybridized carbons (Fsp3) is 0.600. The van der Waals surface area contributed by atoms with E-state index in [1.54, 1.807) is 0 Å². The van der Waals surface area contributed by atoms with Crippen molar-refractivity contribution in [3.63, 3.8) is 0 Å². The molecule has 0 aliphatic heterocycles. The van der Waals surface area contributed by atoms with Crippen molar-refractivity contribution in [2.45, 2.75) is 57.7 Å². The van der Waals surface area contributed by atoms with Crippen LogP contribution in [0.25, 0.3) is 0 Å². The highest BCUT2D eigenvalue weighted by molar-refractivity contribution is 5.26. The Kier molecular flexibility index (Phi) is 3.85. The van der Waals surface area contributed by atoms with Gasteiger partial charge in [-0.3, -0.25) is 0 Å². The summed E-state index contributed by atoms with van der Waals surface area (Å²) in [6.07, 6.45) is 2.10. The zero-order valence-electron chi connectivity index (χ0n) is 11.0. The lowest BCUT2D eigenvalue weighted by molar-refractivity contribution is 0.135. The number of hydrogen-bond donors (Lipinski definition) is 2. The Morgan fingerprint density at radius 2 is 1.59 bits per heavy atom. The minimum atomic E-state index is -0.406. The van der Waals surface area contributed by atoms with Crippen molar-refractivity contribution in [1.82, 2.24) is 5.32 Å². The van der Waals surface area contributed by atoms with E-state index in [1.807, 2.05) is 12.1 Å². The average molecular weight is 233 g/mol. The molecule has 1 aromatic carbocycles. The molecule has 0 spiro atoms. The lowest BCUT2D eigenvalue weighted by Gasteiger charge is -2.21. The molecule has 0 amide bonds. The summed E-state index contributed by atoms with van der Waals surface area (Å²) in [6, 6.07) is 9.10. The van der Waals surface area contributed by atoms with Crippen LogP contribution in [0, 0.1) is 0 Å². The standard InChI is InChI=1S/C15H23NO/c1-10(2)12-4-6-13(7-5-12)15(17)11(3)16-14-8-9-14/h4-7,10-11,14-17H,8-9H2,1-3H3. The van der Waals surface area contributed by atoms with Gasteiger partial charge in [0.2, 0.25) is 0 Å². The SMILES string of the molecule is CC(C)c1ccc(C(O)C(C)NC2CC2)cc1. The van der Waals surface area contributed by atoms with Crippen LogP contribution in [0.15, 0.2) is 24.3 Å². The molecule has 2 atom stereocenters. The number of hydrogen-bond acceptors (Lipinski definition) is 2. The first-order valence-electron chi connectivity index (χ1n) is 6.62. The van der Waals surface area contributed by atoms with Gasteiger partial charge in [-0.1, -0.05) is 38.1 Å². The summed E-state index contributed by atoms with van der Waals surface area (Å²) < 4.78 is 0. The number of rotatable bonds is 5. The number of nitrogens with one attached hydrogen (secondary N) is 1. The molecular weight excluding hydrogens is 210 g/mol. The summed E-state index contributed by atoms with van der Waals surface area (Å²) in [5.74, 6) is 0.545. The van der Waals surface area contributed by atoms with E-state index >= 15 is 0 Å². The van der Waals surface area contributed by atoms with Crippen molar-refractivity contribution < 1.29 is 5.11 Å². The van der Waals surface area contributed by atoms with Gasteiger partial charge in [0.25, 0.3) is 0 Å². The van der Waals surface area contributed by atoms with Crippen LogP contribution in [0.5, 0.6) is 0 Å². The molecule has 2 N–H and O–H groups in total. The van der Waals surface area contributed by atoms with Crippen LogP contribution in [-0.2, 0) is 0 Å². The molecular formula is C15H23NO. The Labute approximate surface area is 104 Å². The van der Waals surface area contributed by atoms with Crippen molar-refractivity contribution in [1.29, 1.82) is 0 Å². The van der Waals surface area contributed by atoms with Gasteiger partial charge in [-0.05, 0) is 36.8 Å². The molecule has 2 heteroatoms. The van der Waals surface area contributed by atoms with Gasteiger partial charge in [0.15, 0.2) is 0 Å². The summed E-state index contributed by atoms with van der Waals surface area (Å²) in [5, 5.41) is 13.7. The Hall–Kier alpha value is -0.860. The van der Waals surface area contributed by atoms with Crippen molar-refractivity contribution in [3.8, 4) is 0 Å². The van der Waals surface area contributed by atoms with Gasteiger partial charge in [0.05, 0.1) is 6.10 Å². The third-order valence-electron chi connectivity index (χ3n) is 3.49. The second kappa shape index (κ2) is 5.19. The number of benzene rings is 1. The molecule has 0 bridgehead atoms. The average Bonchev–Trinajstić information content (AvgIpc) is 3.12. The molecule has 94 valence electrons. The number of aliphatic hydroxyl groups is 1. The maximum Gasteiger partial charge on any atom is 0.0940 e. The molecule has 2 rings (SSSR count). The molecule has 0 aromatic heterocycles. The van der Waals surface area contributed by atoms with E-state index in [1.165, 1.54) is 18.4 Å². The molecule has 1 aromatic rings. The van der Waals surface area contributed by atoms with Crippen LogP contribution < -0.4 is 5.32 Å². The minimum absolute atomic E-state index is 0.132. The van der Waals surface area contributed by atoms with Crippen LogP contribution >= 0.6 is 0 Å². The van der Waals surface area contributed by atoms with Gasteiger partial charge in [-0.25, -0.2) is 0 Å². The first-order valence-corrected chi connectivity index (χ1v) is 6.62. The Morgan fingerprint density at radius 1 is 1.06 bits per heavy atom. The van der Waals surface area contributed by atoms with Crippen LogP contribution in [0.1, 0.15) is 56.8 Å². The van der Waals surface area contributed by atoms with Crippen molar-refractivity contribution >= 4 is 0 Å². The van der Waals surface area contributed by atoms with Crippen molar-refractivity contribution in [2.24, 2.45) is 0 Å². The first-order chi connectivity index (χ1) is 8.08. The van der Waals surface area contributed by atoms with Gasteiger partial charge in [0.1, 0.15) is 0 Å². The summed E-state index contributed by atoms with van der Waals surface area (Å²) >= 11 is 0. The molecule has 0 heterocycles. The van der Waals surface area contributed by atoms with E-state index in [0.29, 0.717) is 12.0 Å². The maximum absolute atomic E-state index is 10.2. The van der Waals surface area contributed by atoms with Crippen LogP contribution in [0.4, 0.5) is 0 Å². The minimum Gasteiger partial charge on any atom is -0.387 e. The highest BCUT2D eigenvalue weighted by atomic mass is 16.3. The van der Waals surface area contributed by atoms with Crippen molar-refractivity contribution in [2.75, 3.05) is 0 Å². The normalized spacial score (nSPS) is 19.4. The van der Waals surface area contributed by atoms with Gasteiger partial charge in [-0.2, -0.15) is 0 Å². The fourth-order valence-electron chi connectivity index (χ4n) is 2.08. The second-order valence-electron chi connectivity index (χ2n) is 5.50. The van der Waals surface area contributed by atoms with Gasteiger partial charge in [0, 0.05) is 12.1 Å². The lowest BCUT2D eigenvalue weighted by Crippen LogP contribution is -2.33. The highest BCUT2D eigenvalue weighted by Crippen LogP contribution is 2.24. The second-order valence-corrected chi connectivity index (χ2v) is 5.50. The molecule has 2 nitrogen and oxygen atoms in total. The Bertz CT molecular complexity index is 354. The van der Waals surface area contributed by atoms with Crippen LogP contribution in [0.3, 0.4) is 0 Å². The quantitative estimate of drug-likeness (QED) is 0.819. The third-order valence-corrected chi connectivity index (χ3v) is 3.49. The number of aliphatic hydroxyl groups excluding tert-OH is 1. The molecule has 1 fully saturated rings. The lowest BCUT2D eigenvalue weighted by atomic mass is 9.98. The molecule has 2 unspecified atom stereocenters. The third kappa shape index (κ3) is 3.30. The van der Waals surface area contributed by atoms with E-state index in [4.69, 9.17) is 0 Å². The summed E-state index contributed by atoms with van der Waals surface area (Å²) in [7, 11) is 0. The molecule has 1 aliphatic rings. The zero-order chi connectivity index (χ0) is 12.4. The Morgan fingerprint density at radius 3 is 2.06 bits per heavy atom. The van der Waals surface area contributed by atoms with E-state index in [9.17, 15) is 5.11 Å². The predicted molar refractivity (Wildman–Crippen MR) is 71.1 cm³/mol. The summed E-state index contributed by atoms with van der Waals surface area (Å²) in [4.78, 5) is 0. The first kappa shape index (κ1) is 12.6. The molecule has 1 aliphatic carbocycles. The predicted octanol–water partition coefficient (Wildman–Crippen LogP) is 2.98. The molecule has 0 radical (unpaired) electrons. The Balaban J connectivity index is 1.99. The molecule has 17 heavy (non-hydrogen) atoms. The van der Waals surface area contributed by atoms with Crippen LogP contribution in [-0.4, -0.2) is 17.2 Å². The maximum atomic E-state index is 10.2. The molecule has 0 saturated heterocycles. The zero-order valence-corrected chi connectivity index (χ0v) is 11.0. The fourth-order valence-corrected chi connectivity index (χ4v) is 2.08. The largest absolute Gasteiger partial charge is 0.387 e. The topological polar surface area (TPSA) is 32.3 Å². The van der Waals surface area contributed by atoms with E-state index < -0.39 is 6.10 Å². The van der Waals surface area contributed by atoms with Gasteiger partial charge < -0.3 is 10.4 Å². The van der Waals surface area contributed by atoms with Gasteiger partial charge in [-0.15, -0.1) is 0 Å². The van der Waals surface area contributed by atoms with E-state index in [2.05, 4.69) is 38.2 Å². The van der Waals surface area contributed by atoms with Crippen molar-refractivity contribution in [3.05, 3.63) is 35.4 Å². The van der Waals surface area contributed by atoms with E-state index in [-0.39, 0.29) is 6.04 Å². The smallest absolute Gasteiger partial charge is 0.0940 e. The van der Waals surface area contributed by atoms with E-state index in [0.717, 1.165) is 5.56 Å².